The quantitative estimate of drug-likeness (QED) is 0.583. The van der Waals surface area contributed by atoms with Crippen molar-refractivity contribution < 1.29 is 14.5 Å². The van der Waals surface area contributed by atoms with E-state index >= 15 is 0 Å². The first kappa shape index (κ1) is 20.4. The Balaban J connectivity index is 2.28. The fraction of sp³-hybridized carbons (Fsp3) is 0.381. The van der Waals surface area contributed by atoms with E-state index in [2.05, 4.69) is 25.2 Å². The molecular formula is C21H26N2O4. The second-order valence-electron chi connectivity index (χ2n) is 7.06. The largest absolute Gasteiger partial charge is 0.496 e. The van der Waals surface area contributed by atoms with Gasteiger partial charge in [-0.3, -0.25) is 14.9 Å². The summed E-state index contributed by atoms with van der Waals surface area (Å²) in [5.41, 5.74) is 4.01. The van der Waals surface area contributed by atoms with Crippen molar-refractivity contribution >= 4 is 11.6 Å². The van der Waals surface area contributed by atoms with E-state index in [1.54, 1.807) is 20.1 Å². The molecule has 0 saturated heterocycles. The average Bonchev–Trinajstić information content (AvgIpc) is 2.60. The van der Waals surface area contributed by atoms with Crippen LogP contribution in [0.25, 0.3) is 0 Å². The molecule has 6 nitrogen and oxygen atoms in total. The summed E-state index contributed by atoms with van der Waals surface area (Å²) >= 11 is 0. The summed E-state index contributed by atoms with van der Waals surface area (Å²) in [5, 5.41) is 13.9. The zero-order valence-corrected chi connectivity index (χ0v) is 16.6. The molecule has 0 aliphatic rings. The molecule has 2 aromatic carbocycles. The van der Waals surface area contributed by atoms with E-state index < -0.39 is 4.92 Å². The molecule has 0 heterocycles. The molecule has 6 heteroatoms. The lowest BCUT2D eigenvalue weighted by Crippen LogP contribution is -2.27. The van der Waals surface area contributed by atoms with Gasteiger partial charge in [-0.25, -0.2) is 0 Å². The van der Waals surface area contributed by atoms with Gasteiger partial charge >= 0.3 is 0 Å². The highest BCUT2D eigenvalue weighted by molar-refractivity contribution is 5.95. The van der Waals surface area contributed by atoms with Gasteiger partial charge in [0.2, 0.25) is 0 Å². The molecule has 1 amide bonds. The zero-order valence-electron chi connectivity index (χ0n) is 16.6. The molecule has 0 saturated carbocycles. The molecule has 1 atom stereocenters. The third kappa shape index (κ3) is 4.45. The number of carbonyl (C=O) groups excluding carboxylic acids is 1. The van der Waals surface area contributed by atoms with Crippen molar-refractivity contribution in [3.05, 3.63) is 68.3 Å². The third-order valence-electron chi connectivity index (χ3n) is 4.71. The zero-order chi connectivity index (χ0) is 20.3. The Morgan fingerprint density at radius 1 is 1.07 bits per heavy atom. The summed E-state index contributed by atoms with van der Waals surface area (Å²) in [6, 6.07) is 8.24. The van der Waals surface area contributed by atoms with Crippen LogP contribution in [0.2, 0.25) is 0 Å². The number of benzene rings is 2. The van der Waals surface area contributed by atoms with Crippen LogP contribution in [0.15, 0.2) is 30.3 Å². The molecule has 144 valence electrons. The molecule has 0 aliphatic heterocycles. The van der Waals surface area contributed by atoms with Crippen LogP contribution in [0, 0.1) is 24.0 Å². The molecule has 0 radical (unpaired) electrons. The van der Waals surface area contributed by atoms with Gasteiger partial charge in [-0.2, -0.15) is 0 Å². The maximum Gasteiger partial charge on any atom is 0.272 e. The van der Waals surface area contributed by atoms with Crippen LogP contribution in [0.5, 0.6) is 5.75 Å². The Bertz CT molecular complexity index is 875. The van der Waals surface area contributed by atoms with Crippen molar-refractivity contribution in [2.75, 3.05) is 7.11 Å². The predicted octanol–water partition coefficient (Wildman–Crippen LogP) is 4.83. The Morgan fingerprint density at radius 2 is 1.74 bits per heavy atom. The predicted molar refractivity (Wildman–Crippen MR) is 106 cm³/mol. The SMILES string of the molecule is COc1cc(C)c([C@H](C)NC(=O)c2ccc([N+](=O)[O-])c(C)c2)cc1C(C)C. The fourth-order valence-corrected chi connectivity index (χ4v) is 3.17. The van der Waals surface area contributed by atoms with Crippen molar-refractivity contribution in [2.24, 2.45) is 0 Å². The maximum absolute atomic E-state index is 12.6. The van der Waals surface area contributed by atoms with Crippen LogP contribution in [0.3, 0.4) is 0 Å². The van der Waals surface area contributed by atoms with Crippen molar-refractivity contribution in [2.45, 2.75) is 46.6 Å². The van der Waals surface area contributed by atoms with Crippen LogP contribution in [-0.4, -0.2) is 17.9 Å². The van der Waals surface area contributed by atoms with Crippen molar-refractivity contribution in [3.8, 4) is 5.75 Å². The van der Waals surface area contributed by atoms with Gasteiger partial charge in [-0.15, -0.1) is 0 Å². The van der Waals surface area contributed by atoms with E-state index in [-0.39, 0.29) is 17.6 Å². The number of carbonyl (C=O) groups is 1. The molecule has 0 fully saturated rings. The Hall–Kier alpha value is -2.89. The first-order valence-electron chi connectivity index (χ1n) is 8.90. The molecule has 0 aliphatic carbocycles. The first-order chi connectivity index (χ1) is 12.6. The number of nitro groups is 1. The molecule has 0 spiro atoms. The molecule has 0 unspecified atom stereocenters. The van der Waals surface area contributed by atoms with Gasteiger partial charge in [0.15, 0.2) is 0 Å². The molecule has 0 bridgehead atoms. The van der Waals surface area contributed by atoms with Gasteiger partial charge < -0.3 is 10.1 Å². The first-order valence-corrected chi connectivity index (χ1v) is 8.90. The molecule has 2 rings (SSSR count). The Labute approximate surface area is 159 Å². The molecular weight excluding hydrogens is 344 g/mol. The lowest BCUT2D eigenvalue weighted by Gasteiger charge is -2.21. The van der Waals surface area contributed by atoms with Crippen LogP contribution in [0.1, 0.15) is 65.3 Å². The number of hydrogen-bond donors (Lipinski definition) is 1. The summed E-state index contributed by atoms with van der Waals surface area (Å²) in [7, 11) is 1.66. The van der Waals surface area contributed by atoms with Crippen LogP contribution in [-0.2, 0) is 0 Å². The second-order valence-corrected chi connectivity index (χ2v) is 7.06. The maximum atomic E-state index is 12.6. The van der Waals surface area contributed by atoms with E-state index in [1.165, 1.54) is 12.1 Å². The van der Waals surface area contributed by atoms with Crippen molar-refractivity contribution in [3.63, 3.8) is 0 Å². The third-order valence-corrected chi connectivity index (χ3v) is 4.71. The number of methoxy groups -OCH3 is 1. The van der Waals surface area contributed by atoms with Crippen LogP contribution < -0.4 is 10.1 Å². The van der Waals surface area contributed by atoms with E-state index in [1.807, 2.05) is 19.9 Å². The highest BCUT2D eigenvalue weighted by atomic mass is 16.6. The number of nitro benzene ring substituents is 1. The van der Waals surface area contributed by atoms with E-state index in [0.717, 1.165) is 22.4 Å². The van der Waals surface area contributed by atoms with Crippen molar-refractivity contribution in [1.82, 2.24) is 5.32 Å². The Kier molecular flexibility index (Phi) is 6.20. The van der Waals surface area contributed by atoms with Gasteiger partial charge in [0.05, 0.1) is 18.1 Å². The fourth-order valence-electron chi connectivity index (χ4n) is 3.17. The van der Waals surface area contributed by atoms with E-state index in [4.69, 9.17) is 4.74 Å². The van der Waals surface area contributed by atoms with Crippen LogP contribution >= 0.6 is 0 Å². The summed E-state index contributed by atoms with van der Waals surface area (Å²) < 4.78 is 5.47. The number of nitrogens with zero attached hydrogens (tertiary/aromatic N) is 1. The minimum atomic E-state index is -0.451. The van der Waals surface area contributed by atoms with E-state index in [9.17, 15) is 14.9 Å². The topological polar surface area (TPSA) is 81.5 Å². The number of aryl methyl sites for hydroxylation is 2. The molecule has 27 heavy (non-hydrogen) atoms. The van der Waals surface area contributed by atoms with Gasteiger partial charge in [0, 0.05) is 17.2 Å². The summed E-state index contributed by atoms with van der Waals surface area (Å²) in [4.78, 5) is 23.1. The van der Waals surface area contributed by atoms with E-state index in [0.29, 0.717) is 17.0 Å². The standard InChI is InChI=1S/C21H26N2O4/c1-12(2)17-11-18(13(3)10-20(17)27-6)15(5)22-21(24)16-7-8-19(23(25)26)14(4)9-16/h7-12,15H,1-6H3,(H,22,24)/t15-/m0/s1. The lowest BCUT2D eigenvalue weighted by atomic mass is 9.93. The number of amides is 1. The number of ether oxygens (including phenoxy) is 1. The number of hydrogen-bond acceptors (Lipinski definition) is 4. The minimum absolute atomic E-state index is 0.00664. The Morgan fingerprint density at radius 3 is 2.26 bits per heavy atom. The highest BCUT2D eigenvalue weighted by Gasteiger charge is 2.19. The van der Waals surface area contributed by atoms with Crippen molar-refractivity contribution in [1.29, 1.82) is 0 Å². The highest BCUT2D eigenvalue weighted by Crippen LogP contribution is 2.32. The summed E-state index contributed by atoms with van der Waals surface area (Å²) in [6.45, 7) is 9.73. The van der Waals surface area contributed by atoms with Gasteiger partial charge in [-0.1, -0.05) is 13.8 Å². The lowest BCUT2D eigenvalue weighted by molar-refractivity contribution is -0.385. The minimum Gasteiger partial charge on any atom is -0.496 e. The average molecular weight is 370 g/mol. The van der Waals surface area contributed by atoms with Gasteiger partial charge in [-0.05, 0) is 67.6 Å². The number of nitrogens with one attached hydrogen (secondary N) is 1. The smallest absolute Gasteiger partial charge is 0.272 e. The summed E-state index contributed by atoms with van der Waals surface area (Å²) in [6.07, 6.45) is 0. The summed E-state index contributed by atoms with van der Waals surface area (Å²) in [5.74, 6) is 0.872. The normalized spacial score (nSPS) is 12.0. The van der Waals surface area contributed by atoms with Gasteiger partial charge in [0.25, 0.3) is 11.6 Å². The molecule has 1 N–H and O–H groups in total. The van der Waals surface area contributed by atoms with Crippen LogP contribution in [0.4, 0.5) is 5.69 Å². The molecule has 2 aromatic rings. The monoisotopic (exact) mass is 370 g/mol. The van der Waals surface area contributed by atoms with Gasteiger partial charge in [0.1, 0.15) is 5.75 Å². The number of rotatable bonds is 6. The second kappa shape index (κ2) is 8.20. The molecule has 0 aromatic heterocycles.